The molecule has 2 unspecified atom stereocenters. The van der Waals surface area contributed by atoms with Gasteiger partial charge >= 0.3 is 0 Å². The summed E-state index contributed by atoms with van der Waals surface area (Å²) < 4.78 is 0. The van der Waals surface area contributed by atoms with Crippen molar-refractivity contribution >= 4 is 35.8 Å². The van der Waals surface area contributed by atoms with Crippen LogP contribution in [0.4, 0.5) is 0 Å². The van der Waals surface area contributed by atoms with E-state index in [1.165, 1.54) is 32.1 Å². The van der Waals surface area contributed by atoms with Gasteiger partial charge < -0.3 is 16.0 Å². The van der Waals surface area contributed by atoms with E-state index in [4.69, 9.17) is 4.99 Å². The highest BCUT2D eigenvalue weighted by atomic mass is 127. The van der Waals surface area contributed by atoms with Crippen molar-refractivity contribution in [2.75, 3.05) is 20.1 Å². The lowest BCUT2D eigenvalue weighted by Gasteiger charge is -2.30. The largest absolute Gasteiger partial charge is 0.357 e. The van der Waals surface area contributed by atoms with Gasteiger partial charge in [0.25, 0.3) is 5.91 Å². The number of nitrogens with zero attached hydrogens (tertiary/aromatic N) is 1. The maximum atomic E-state index is 11.7. The highest BCUT2D eigenvalue weighted by molar-refractivity contribution is 14.0. The van der Waals surface area contributed by atoms with Crippen molar-refractivity contribution in [2.24, 2.45) is 10.9 Å². The molecule has 0 radical (unpaired) electrons. The molecule has 5 nitrogen and oxygen atoms in total. The minimum absolute atomic E-state index is 0. The third-order valence-electron chi connectivity index (χ3n) is 5.13. The first-order valence-corrected chi connectivity index (χ1v) is 10.0. The summed E-state index contributed by atoms with van der Waals surface area (Å²) in [6.07, 6.45) is 7.24. The van der Waals surface area contributed by atoms with Gasteiger partial charge in [-0.1, -0.05) is 38.3 Å². The van der Waals surface area contributed by atoms with E-state index in [1.54, 1.807) is 7.05 Å². The molecule has 0 spiro atoms. The molecule has 3 N–H and O–H groups in total. The molecule has 27 heavy (non-hydrogen) atoms. The lowest BCUT2D eigenvalue weighted by Crippen LogP contribution is -2.45. The van der Waals surface area contributed by atoms with E-state index in [9.17, 15) is 4.79 Å². The summed E-state index contributed by atoms with van der Waals surface area (Å²) >= 11 is 0. The van der Waals surface area contributed by atoms with Crippen molar-refractivity contribution in [2.45, 2.75) is 58.4 Å². The van der Waals surface area contributed by atoms with Crippen molar-refractivity contribution in [3.8, 4) is 0 Å². The fraction of sp³-hybridized carbons (Fsp3) is 0.619. The molecule has 1 aromatic rings. The average molecular weight is 486 g/mol. The molecular weight excluding hydrogens is 451 g/mol. The van der Waals surface area contributed by atoms with Crippen molar-refractivity contribution < 1.29 is 4.79 Å². The van der Waals surface area contributed by atoms with Crippen LogP contribution in [0.5, 0.6) is 0 Å². The Hall–Kier alpha value is -1.31. The van der Waals surface area contributed by atoms with E-state index >= 15 is 0 Å². The van der Waals surface area contributed by atoms with Gasteiger partial charge in [-0.3, -0.25) is 9.79 Å². The van der Waals surface area contributed by atoms with Crippen molar-refractivity contribution in [1.82, 2.24) is 16.0 Å². The predicted molar refractivity (Wildman–Crippen MR) is 124 cm³/mol. The zero-order chi connectivity index (χ0) is 18.8. The van der Waals surface area contributed by atoms with Crippen LogP contribution in [-0.2, 0) is 6.42 Å². The van der Waals surface area contributed by atoms with Gasteiger partial charge in [0.05, 0.1) is 0 Å². The van der Waals surface area contributed by atoms with Crippen LogP contribution in [0.1, 0.15) is 61.9 Å². The average Bonchev–Trinajstić information content (AvgIpc) is 2.68. The first-order valence-electron chi connectivity index (χ1n) is 10.0. The van der Waals surface area contributed by atoms with E-state index in [-0.39, 0.29) is 29.9 Å². The van der Waals surface area contributed by atoms with E-state index < -0.39 is 0 Å². The molecule has 1 aliphatic rings. The van der Waals surface area contributed by atoms with Crippen LogP contribution in [0.3, 0.4) is 0 Å². The van der Waals surface area contributed by atoms with Crippen molar-refractivity contribution in [3.63, 3.8) is 0 Å². The van der Waals surface area contributed by atoms with Crippen LogP contribution < -0.4 is 16.0 Å². The van der Waals surface area contributed by atoms with Gasteiger partial charge in [-0.15, -0.1) is 24.0 Å². The fourth-order valence-corrected chi connectivity index (χ4v) is 3.62. The van der Waals surface area contributed by atoms with Gasteiger partial charge in [0.15, 0.2) is 5.96 Å². The number of carbonyl (C=O) groups is 1. The van der Waals surface area contributed by atoms with Gasteiger partial charge in [0.1, 0.15) is 0 Å². The first kappa shape index (κ1) is 23.7. The van der Waals surface area contributed by atoms with E-state index in [1.807, 2.05) is 18.2 Å². The van der Waals surface area contributed by atoms with Gasteiger partial charge in [-0.2, -0.15) is 0 Å². The quantitative estimate of drug-likeness (QED) is 0.313. The number of carbonyl (C=O) groups excluding carboxylic acids is 1. The molecule has 1 saturated carbocycles. The zero-order valence-electron chi connectivity index (χ0n) is 16.9. The minimum Gasteiger partial charge on any atom is -0.357 e. The van der Waals surface area contributed by atoms with Crippen molar-refractivity contribution in [3.05, 3.63) is 35.4 Å². The van der Waals surface area contributed by atoms with Crippen LogP contribution in [-0.4, -0.2) is 38.0 Å². The number of halogens is 1. The molecule has 2 rings (SSSR count). The molecule has 0 aliphatic heterocycles. The Morgan fingerprint density at radius 2 is 2.07 bits per heavy atom. The SMILES string of the molecule is CCNC(=NCCc1cccc(C(=O)NC)c1)NC1CCCC(CC)C1.I. The molecule has 6 heteroatoms. The molecule has 1 aliphatic carbocycles. The first-order chi connectivity index (χ1) is 12.7. The third-order valence-corrected chi connectivity index (χ3v) is 5.13. The summed E-state index contributed by atoms with van der Waals surface area (Å²) in [5.74, 6) is 1.71. The topological polar surface area (TPSA) is 65.5 Å². The summed E-state index contributed by atoms with van der Waals surface area (Å²) in [7, 11) is 1.65. The Morgan fingerprint density at radius 3 is 2.78 bits per heavy atom. The molecule has 0 saturated heterocycles. The molecule has 0 aromatic heterocycles. The van der Waals surface area contributed by atoms with Gasteiger partial charge in [-0.05, 0) is 49.8 Å². The second-order valence-electron chi connectivity index (χ2n) is 7.07. The number of nitrogens with one attached hydrogen (secondary N) is 3. The summed E-state index contributed by atoms with van der Waals surface area (Å²) in [6.45, 7) is 5.96. The Balaban J connectivity index is 0.00000364. The molecule has 152 valence electrons. The number of benzene rings is 1. The molecule has 1 fully saturated rings. The Kier molecular flexibility index (Phi) is 11.4. The van der Waals surface area contributed by atoms with Crippen molar-refractivity contribution in [1.29, 1.82) is 0 Å². The number of hydrogen-bond acceptors (Lipinski definition) is 2. The highest BCUT2D eigenvalue weighted by Crippen LogP contribution is 2.26. The van der Waals surface area contributed by atoms with Crippen LogP contribution in [0.25, 0.3) is 0 Å². The number of aliphatic imine (C=N–C) groups is 1. The maximum absolute atomic E-state index is 11.7. The lowest BCUT2D eigenvalue weighted by molar-refractivity contribution is 0.0963. The fourth-order valence-electron chi connectivity index (χ4n) is 3.62. The zero-order valence-corrected chi connectivity index (χ0v) is 19.2. The normalized spacial score (nSPS) is 19.7. The smallest absolute Gasteiger partial charge is 0.251 e. The van der Waals surface area contributed by atoms with E-state index in [0.717, 1.165) is 30.4 Å². The second kappa shape index (κ2) is 13.0. The Labute approximate surface area is 181 Å². The summed E-state index contributed by atoms with van der Waals surface area (Å²) in [5, 5.41) is 9.65. The standard InChI is InChI=1S/C21H34N4O.HI/c1-4-16-8-7-11-19(15-16)25-21(23-5-2)24-13-12-17-9-6-10-18(14-17)20(26)22-3;/h6,9-10,14,16,19H,4-5,7-8,11-13,15H2,1-3H3,(H,22,26)(H2,23,24,25);1H. The number of hydrogen-bond donors (Lipinski definition) is 3. The number of guanidine groups is 1. The molecule has 1 aromatic carbocycles. The molecule has 0 bridgehead atoms. The molecule has 0 heterocycles. The van der Waals surface area contributed by atoms with E-state index in [0.29, 0.717) is 18.2 Å². The maximum Gasteiger partial charge on any atom is 0.251 e. The summed E-state index contributed by atoms with van der Waals surface area (Å²) in [5.41, 5.74) is 1.83. The van der Waals surface area contributed by atoms with E-state index in [2.05, 4.69) is 35.9 Å². The monoisotopic (exact) mass is 486 g/mol. The minimum atomic E-state index is -0.0480. The third kappa shape index (κ3) is 8.07. The Bertz CT molecular complexity index is 606. The van der Waals surface area contributed by atoms with Gasteiger partial charge in [-0.25, -0.2) is 0 Å². The number of amides is 1. The molecular formula is C21H35IN4O. The van der Waals surface area contributed by atoms with Crippen LogP contribution in [0, 0.1) is 5.92 Å². The summed E-state index contributed by atoms with van der Waals surface area (Å²) in [6, 6.07) is 8.30. The van der Waals surface area contributed by atoms with Gasteiger partial charge in [0, 0.05) is 31.7 Å². The highest BCUT2D eigenvalue weighted by Gasteiger charge is 2.21. The number of rotatable bonds is 7. The van der Waals surface area contributed by atoms with Crippen LogP contribution in [0.15, 0.2) is 29.3 Å². The predicted octanol–water partition coefficient (Wildman–Crippen LogP) is 3.73. The lowest BCUT2D eigenvalue weighted by atomic mass is 9.84. The Morgan fingerprint density at radius 1 is 1.26 bits per heavy atom. The van der Waals surface area contributed by atoms with Crippen LogP contribution in [0.2, 0.25) is 0 Å². The molecule has 1 amide bonds. The second-order valence-corrected chi connectivity index (χ2v) is 7.07. The van der Waals surface area contributed by atoms with Gasteiger partial charge in [0.2, 0.25) is 0 Å². The molecule has 2 atom stereocenters. The summed E-state index contributed by atoms with van der Waals surface area (Å²) in [4.78, 5) is 16.5. The van der Waals surface area contributed by atoms with Crippen LogP contribution >= 0.6 is 24.0 Å².